The SMILES string of the molecule is NC(=O)c1cc(NC(=O)c2cc(-c3ccccc3)nc3cc(F)ccc23)n[nH]1. The molecule has 8 heteroatoms. The third kappa shape index (κ3) is 3.30. The van der Waals surface area contributed by atoms with Gasteiger partial charge in [-0.1, -0.05) is 30.3 Å². The molecule has 0 spiro atoms. The zero-order chi connectivity index (χ0) is 19.7. The van der Waals surface area contributed by atoms with Crippen molar-refractivity contribution in [1.82, 2.24) is 15.2 Å². The second kappa shape index (κ2) is 6.92. The van der Waals surface area contributed by atoms with Crippen molar-refractivity contribution < 1.29 is 14.0 Å². The third-order valence-corrected chi connectivity index (χ3v) is 4.17. The molecule has 0 radical (unpaired) electrons. The first-order chi connectivity index (χ1) is 13.5. The van der Waals surface area contributed by atoms with E-state index in [9.17, 15) is 14.0 Å². The lowest BCUT2D eigenvalue weighted by atomic mass is 10.0. The molecule has 4 rings (SSSR count). The molecule has 0 saturated heterocycles. The Morgan fingerprint density at radius 1 is 1.04 bits per heavy atom. The Kier molecular flexibility index (Phi) is 4.29. The minimum atomic E-state index is -0.691. The molecular weight excluding hydrogens is 361 g/mol. The number of pyridine rings is 1. The summed E-state index contributed by atoms with van der Waals surface area (Å²) >= 11 is 0. The number of carbonyl (C=O) groups excluding carboxylic acids is 2. The highest BCUT2D eigenvalue weighted by atomic mass is 19.1. The topological polar surface area (TPSA) is 114 Å². The predicted octanol–water partition coefficient (Wildman–Crippen LogP) is 3.12. The third-order valence-electron chi connectivity index (χ3n) is 4.17. The molecule has 0 saturated carbocycles. The molecule has 0 fully saturated rings. The highest BCUT2D eigenvalue weighted by Gasteiger charge is 2.16. The summed E-state index contributed by atoms with van der Waals surface area (Å²) in [6, 6.07) is 16.3. The van der Waals surface area contributed by atoms with Crippen molar-refractivity contribution in [3.8, 4) is 11.3 Å². The van der Waals surface area contributed by atoms with Gasteiger partial charge in [-0.3, -0.25) is 14.7 Å². The lowest BCUT2D eigenvalue weighted by molar-refractivity contribution is 0.0993. The fraction of sp³-hybridized carbons (Fsp3) is 0. The molecule has 4 aromatic rings. The van der Waals surface area contributed by atoms with Crippen LogP contribution in [0.4, 0.5) is 10.2 Å². The lowest BCUT2D eigenvalue weighted by Gasteiger charge is -2.10. The standard InChI is InChI=1S/C20H14FN5O2/c21-12-6-7-13-14(20(28)24-18-10-17(19(22)27)25-26-18)9-15(23-16(13)8-12)11-4-2-1-3-5-11/h1-10H,(H2,22,27)(H2,24,25,26,28). The minimum Gasteiger partial charge on any atom is -0.364 e. The van der Waals surface area contributed by atoms with Crippen LogP contribution in [-0.2, 0) is 0 Å². The van der Waals surface area contributed by atoms with E-state index >= 15 is 0 Å². The summed E-state index contributed by atoms with van der Waals surface area (Å²) < 4.78 is 13.7. The second-order valence-corrected chi connectivity index (χ2v) is 6.07. The molecule has 0 aliphatic carbocycles. The van der Waals surface area contributed by atoms with Crippen molar-refractivity contribution in [3.05, 3.63) is 77.7 Å². The van der Waals surface area contributed by atoms with Gasteiger partial charge in [-0.05, 0) is 18.2 Å². The van der Waals surface area contributed by atoms with E-state index in [1.54, 1.807) is 6.07 Å². The number of H-pyrrole nitrogens is 1. The number of aromatic amines is 1. The van der Waals surface area contributed by atoms with E-state index in [0.29, 0.717) is 22.2 Å². The number of benzene rings is 2. The summed E-state index contributed by atoms with van der Waals surface area (Å²) in [6.45, 7) is 0. The van der Waals surface area contributed by atoms with Crippen LogP contribution < -0.4 is 11.1 Å². The number of hydrogen-bond donors (Lipinski definition) is 3. The first kappa shape index (κ1) is 17.3. The molecule has 138 valence electrons. The van der Waals surface area contributed by atoms with Crippen LogP contribution in [0.25, 0.3) is 22.2 Å². The van der Waals surface area contributed by atoms with Crippen LogP contribution in [0, 0.1) is 5.82 Å². The van der Waals surface area contributed by atoms with Crippen molar-refractivity contribution in [3.63, 3.8) is 0 Å². The largest absolute Gasteiger partial charge is 0.364 e. The molecule has 7 nitrogen and oxygen atoms in total. The lowest BCUT2D eigenvalue weighted by Crippen LogP contribution is -2.13. The predicted molar refractivity (Wildman–Crippen MR) is 102 cm³/mol. The van der Waals surface area contributed by atoms with E-state index in [1.165, 1.54) is 24.3 Å². The van der Waals surface area contributed by atoms with Crippen molar-refractivity contribution >= 4 is 28.5 Å². The normalized spacial score (nSPS) is 10.8. The zero-order valence-electron chi connectivity index (χ0n) is 14.4. The minimum absolute atomic E-state index is 0.0712. The highest BCUT2D eigenvalue weighted by Crippen LogP contribution is 2.26. The Bertz CT molecular complexity index is 1200. The smallest absolute Gasteiger partial charge is 0.266 e. The molecule has 2 aromatic heterocycles. The number of nitrogens with two attached hydrogens (primary N) is 1. The fourth-order valence-electron chi connectivity index (χ4n) is 2.84. The van der Waals surface area contributed by atoms with Gasteiger partial charge in [0.25, 0.3) is 11.8 Å². The molecule has 0 unspecified atom stereocenters. The van der Waals surface area contributed by atoms with Crippen LogP contribution in [0.3, 0.4) is 0 Å². The molecular formula is C20H14FN5O2. The molecule has 2 aromatic carbocycles. The quantitative estimate of drug-likeness (QED) is 0.508. The highest BCUT2D eigenvalue weighted by molar-refractivity contribution is 6.13. The van der Waals surface area contributed by atoms with Gasteiger partial charge in [-0.2, -0.15) is 5.10 Å². The van der Waals surface area contributed by atoms with Crippen LogP contribution in [-0.4, -0.2) is 27.0 Å². The first-order valence-electron chi connectivity index (χ1n) is 8.33. The van der Waals surface area contributed by atoms with Gasteiger partial charge >= 0.3 is 0 Å². The Morgan fingerprint density at radius 3 is 2.54 bits per heavy atom. The maximum atomic E-state index is 13.7. The number of carbonyl (C=O) groups is 2. The van der Waals surface area contributed by atoms with Gasteiger partial charge in [-0.15, -0.1) is 0 Å². The van der Waals surface area contributed by atoms with E-state index in [-0.39, 0.29) is 11.5 Å². The maximum absolute atomic E-state index is 13.7. The number of nitrogens with one attached hydrogen (secondary N) is 2. The van der Waals surface area contributed by atoms with Crippen LogP contribution in [0.1, 0.15) is 20.8 Å². The van der Waals surface area contributed by atoms with Crippen LogP contribution in [0.15, 0.2) is 60.7 Å². The number of primary amides is 1. The Hall–Kier alpha value is -4.07. The van der Waals surface area contributed by atoms with Gasteiger partial charge in [0, 0.05) is 23.1 Å². The van der Waals surface area contributed by atoms with E-state index < -0.39 is 17.6 Å². The van der Waals surface area contributed by atoms with Crippen LogP contribution >= 0.6 is 0 Å². The van der Waals surface area contributed by atoms with Crippen molar-refractivity contribution in [2.75, 3.05) is 5.32 Å². The molecule has 28 heavy (non-hydrogen) atoms. The molecule has 0 aliphatic heterocycles. The van der Waals surface area contributed by atoms with Gasteiger partial charge in [0.1, 0.15) is 11.5 Å². The summed E-state index contributed by atoms with van der Waals surface area (Å²) in [5.74, 6) is -1.47. The van der Waals surface area contributed by atoms with E-state index in [0.717, 1.165) is 5.56 Å². The molecule has 0 atom stereocenters. The molecule has 0 bridgehead atoms. The van der Waals surface area contributed by atoms with E-state index in [2.05, 4.69) is 20.5 Å². The molecule has 2 amide bonds. The van der Waals surface area contributed by atoms with E-state index in [4.69, 9.17) is 5.73 Å². The number of fused-ring (bicyclic) bond motifs is 1. The van der Waals surface area contributed by atoms with Gasteiger partial charge < -0.3 is 11.1 Å². The van der Waals surface area contributed by atoms with Gasteiger partial charge in [0.2, 0.25) is 0 Å². The number of anilines is 1. The number of aromatic nitrogens is 3. The first-order valence-corrected chi connectivity index (χ1v) is 8.33. The molecule has 4 N–H and O–H groups in total. The molecule has 0 aliphatic rings. The Morgan fingerprint density at radius 2 is 1.82 bits per heavy atom. The Labute approximate surface area is 158 Å². The number of halogens is 1. The van der Waals surface area contributed by atoms with Crippen molar-refractivity contribution in [2.45, 2.75) is 0 Å². The second-order valence-electron chi connectivity index (χ2n) is 6.07. The van der Waals surface area contributed by atoms with Crippen molar-refractivity contribution in [1.29, 1.82) is 0 Å². The number of amides is 2. The number of nitrogens with zero attached hydrogens (tertiary/aromatic N) is 2. The van der Waals surface area contributed by atoms with Crippen LogP contribution in [0.2, 0.25) is 0 Å². The average molecular weight is 375 g/mol. The number of hydrogen-bond acceptors (Lipinski definition) is 4. The summed E-state index contributed by atoms with van der Waals surface area (Å²) in [5, 5.41) is 9.39. The van der Waals surface area contributed by atoms with E-state index in [1.807, 2.05) is 30.3 Å². The summed E-state index contributed by atoms with van der Waals surface area (Å²) in [6.07, 6.45) is 0. The number of rotatable bonds is 4. The summed E-state index contributed by atoms with van der Waals surface area (Å²) in [7, 11) is 0. The fourth-order valence-corrected chi connectivity index (χ4v) is 2.84. The molecule has 2 heterocycles. The summed E-state index contributed by atoms with van der Waals surface area (Å²) in [4.78, 5) is 28.5. The zero-order valence-corrected chi connectivity index (χ0v) is 14.4. The monoisotopic (exact) mass is 375 g/mol. The van der Waals surface area contributed by atoms with Crippen molar-refractivity contribution in [2.24, 2.45) is 5.73 Å². The van der Waals surface area contributed by atoms with Gasteiger partial charge in [0.05, 0.1) is 16.8 Å². The van der Waals surface area contributed by atoms with Gasteiger partial charge in [-0.25, -0.2) is 9.37 Å². The van der Waals surface area contributed by atoms with Crippen LogP contribution in [0.5, 0.6) is 0 Å². The Balaban J connectivity index is 1.79. The summed E-state index contributed by atoms with van der Waals surface area (Å²) in [5.41, 5.74) is 7.22. The average Bonchev–Trinajstić information content (AvgIpc) is 3.16. The maximum Gasteiger partial charge on any atom is 0.266 e. The van der Waals surface area contributed by atoms with Gasteiger partial charge in [0.15, 0.2) is 5.82 Å².